The van der Waals surface area contributed by atoms with Gasteiger partial charge in [-0.2, -0.15) is 0 Å². The number of hydrogen-bond donors (Lipinski definition) is 1. The lowest BCUT2D eigenvalue weighted by Gasteiger charge is -2.25. The standard InChI is InChI=1S/C16H25NO2/c1-12-10-16(19-3)13(2)9-14(12)11-17-7-4-5-15(17)6-8-18/h9-10,15,18H,4-8,11H2,1-3H3. The van der Waals surface area contributed by atoms with Gasteiger partial charge < -0.3 is 9.84 Å². The largest absolute Gasteiger partial charge is 0.496 e. The Hall–Kier alpha value is -1.06. The van der Waals surface area contributed by atoms with Gasteiger partial charge in [-0.15, -0.1) is 0 Å². The third-order valence-electron chi connectivity index (χ3n) is 4.19. The Morgan fingerprint density at radius 2 is 2.11 bits per heavy atom. The van der Waals surface area contributed by atoms with Crippen molar-refractivity contribution in [2.75, 3.05) is 20.3 Å². The maximum atomic E-state index is 9.13. The molecule has 2 rings (SSSR count). The van der Waals surface area contributed by atoms with E-state index in [-0.39, 0.29) is 0 Å². The van der Waals surface area contributed by atoms with Crippen LogP contribution in [0, 0.1) is 13.8 Å². The van der Waals surface area contributed by atoms with E-state index in [9.17, 15) is 0 Å². The summed E-state index contributed by atoms with van der Waals surface area (Å²) in [4.78, 5) is 2.50. The van der Waals surface area contributed by atoms with Gasteiger partial charge in [-0.05, 0) is 62.4 Å². The van der Waals surface area contributed by atoms with Gasteiger partial charge in [-0.25, -0.2) is 0 Å². The number of likely N-dealkylation sites (tertiary alicyclic amines) is 1. The molecular weight excluding hydrogens is 238 g/mol. The van der Waals surface area contributed by atoms with Gasteiger partial charge in [0.05, 0.1) is 7.11 Å². The summed E-state index contributed by atoms with van der Waals surface area (Å²) in [6.07, 6.45) is 3.36. The van der Waals surface area contributed by atoms with E-state index in [1.807, 2.05) is 0 Å². The molecule has 3 heteroatoms. The minimum Gasteiger partial charge on any atom is -0.496 e. The van der Waals surface area contributed by atoms with Crippen molar-refractivity contribution in [1.29, 1.82) is 0 Å². The van der Waals surface area contributed by atoms with Gasteiger partial charge in [0.2, 0.25) is 0 Å². The van der Waals surface area contributed by atoms with Crippen molar-refractivity contribution < 1.29 is 9.84 Å². The Morgan fingerprint density at radius 3 is 2.79 bits per heavy atom. The Balaban J connectivity index is 2.12. The normalized spacial score (nSPS) is 19.9. The van der Waals surface area contributed by atoms with E-state index in [0.717, 1.165) is 25.3 Å². The number of hydrogen-bond acceptors (Lipinski definition) is 3. The molecule has 0 spiro atoms. The smallest absolute Gasteiger partial charge is 0.122 e. The van der Waals surface area contributed by atoms with Gasteiger partial charge in [-0.1, -0.05) is 6.07 Å². The Morgan fingerprint density at radius 1 is 1.32 bits per heavy atom. The average molecular weight is 263 g/mol. The summed E-state index contributed by atoms with van der Waals surface area (Å²) in [5, 5.41) is 9.13. The second kappa shape index (κ2) is 6.40. The maximum Gasteiger partial charge on any atom is 0.122 e. The molecule has 1 atom stereocenters. The van der Waals surface area contributed by atoms with Crippen LogP contribution < -0.4 is 4.74 Å². The zero-order chi connectivity index (χ0) is 13.8. The molecule has 0 aliphatic carbocycles. The van der Waals surface area contributed by atoms with Gasteiger partial charge in [-0.3, -0.25) is 4.90 Å². The molecule has 0 saturated carbocycles. The van der Waals surface area contributed by atoms with Crippen LogP contribution in [-0.2, 0) is 6.54 Å². The van der Waals surface area contributed by atoms with Crippen molar-refractivity contribution in [3.05, 3.63) is 28.8 Å². The third-order valence-corrected chi connectivity index (χ3v) is 4.19. The van der Waals surface area contributed by atoms with Crippen LogP contribution in [-0.4, -0.2) is 36.3 Å². The number of methoxy groups -OCH3 is 1. The number of aryl methyl sites for hydroxylation is 2. The molecule has 1 aromatic rings. The summed E-state index contributed by atoms with van der Waals surface area (Å²) in [5.41, 5.74) is 3.86. The van der Waals surface area contributed by atoms with Crippen LogP contribution in [0.15, 0.2) is 12.1 Å². The van der Waals surface area contributed by atoms with Crippen LogP contribution in [0.4, 0.5) is 0 Å². The molecule has 1 unspecified atom stereocenters. The lowest BCUT2D eigenvalue weighted by atomic mass is 10.0. The molecule has 1 aromatic carbocycles. The summed E-state index contributed by atoms with van der Waals surface area (Å²) in [7, 11) is 1.72. The highest BCUT2D eigenvalue weighted by atomic mass is 16.5. The summed E-state index contributed by atoms with van der Waals surface area (Å²) in [6, 6.07) is 4.91. The van der Waals surface area contributed by atoms with Crippen LogP contribution in [0.1, 0.15) is 36.0 Å². The molecule has 0 radical (unpaired) electrons. The first kappa shape index (κ1) is 14.4. The first-order chi connectivity index (χ1) is 9.15. The maximum absolute atomic E-state index is 9.13. The molecule has 1 aliphatic heterocycles. The Bertz CT molecular complexity index is 431. The molecule has 0 bridgehead atoms. The van der Waals surface area contributed by atoms with E-state index in [1.54, 1.807) is 7.11 Å². The number of aliphatic hydroxyl groups is 1. The van der Waals surface area contributed by atoms with Gasteiger partial charge in [0, 0.05) is 19.2 Å². The molecule has 1 N–H and O–H groups in total. The average Bonchev–Trinajstić information content (AvgIpc) is 2.81. The first-order valence-electron chi connectivity index (χ1n) is 7.14. The zero-order valence-corrected chi connectivity index (χ0v) is 12.3. The second-order valence-corrected chi connectivity index (χ2v) is 5.53. The van der Waals surface area contributed by atoms with E-state index in [2.05, 4.69) is 30.9 Å². The van der Waals surface area contributed by atoms with Gasteiger partial charge >= 0.3 is 0 Å². The minimum absolute atomic E-state index is 0.293. The SMILES string of the molecule is COc1cc(C)c(CN2CCCC2CCO)cc1C. The van der Waals surface area contributed by atoms with E-state index in [4.69, 9.17) is 9.84 Å². The lowest BCUT2D eigenvalue weighted by Crippen LogP contribution is -2.30. The monoisotopic (exact) mass is 263 g/mol. The highest BCUT2D eigenvalue weighted by Crippen LogP contribution is 2.27. The molecule has 19 heavy (non-hydrogen) atoms. The molecule has 0 amide bonds. The van der Waals surface area contributed by atoms with Crippen LogP contribution in [0.3, 0.4) is 0 Å². The molecule has 1 fully saturated rings. The Kier molecular flexibility index (Phi) is 4.83. The van der Waals surface area contributed by atoms with Gasteiger partial charge in [0.15, 0.2) is 0 Å². The summed E-state index contributed by atoms with van der Waals surface area (Å²) < 4.78 is 5.36. The number of nitrogens with zero attached hydrogens (tertiary/aromatic N) is 1. The summed E-state index contributed by atoms with van der Waals surface area (Å²) >= 11 is 0. The molecule has 3 nitrogen and oxygen atoms in total. The highest BCUT2D eigenvalue weighted by Gasteiger charge is 2.24. The molecule has 0 aromatic heterocycles. The van der Waals surface area contributed by atoms with Gasteiger partial charge in [0.25, 0.3) is 0 Å². The molecule has 106 valence electrons. The Labute approximate surface area is 116 Å². The van der Waals surface area contributed by atoms with Crippen LogP contribution >= 0.6 is 0 Å². The van der Waals surface area contributed by atoms with Crippen molar-refractivity contribution in [2.45, 2.75) is 45.7 Å². The second-order valence-electron chi connectivity index (χ2n) is 5.53. The van der Waals surface area contributed by atoms with Crippen molar-refractivity contribution >= 4 is 0 Å². The fourth-order valence-corrected chi connectivity index (χ4v) is 3.04. The molecule has 1 heterocycles. The summed E-state index contributed by atoms with van der Waals surface area (Å²) in [5.74, 6) is 0.967. The fraction of sp³-hybridized carbons (Fsp3) is 0.625. The molecule has 1 aliphatic rings. The summed E-state index contributed by atoms with van der Waals surface area (Å²) in [6.45, 7) is 6.67. The van der Waals surface area contributed by atoms with E-state index in [1.165, 1.54) is 29.5 Å². The van der Waals surface area contributed by atoms with E-state index in [0.29, 0.717) is 12.6 Å². The number of rotatable bonds is 5. The number of aliphatic hydroxyl groups excluding tert-OH is 1. The van der Waals surface area contributed by atoms with Crippen LogP contribution in [0.25, 0.3) is 0 Å². The lowest BCUT2D eigenvalue weighted by molar-refractivity contribution is 0.189. The van der Waals surface area contributed by atoms with Crippen LogP contribution in [0.2, 0.25) is 0 Å². The molecule has 1 saturated heterocycles. The fourth-order valence-electron chi connectivity index (χ4n) is 3.04. The topological polar surface area (TPSA) is 32.7 Å². The van der Waals surface area contributed by atoms with Crippen LogP contribution in [0.5, 0.6) is 5.75 Å². The van der Waals surface area contributed by atoms with Crippen molar-refractivity contribution in [1.82, 2.24) is 4.90 Å². The van der Waals surface area contributed by atoms with Gasteiger partial charge in [0.1, 0.15) is 5.75 Å². The predicted octanol–water partition coefficient (Wildman–Crippen LogP) is 2.66. The third kappa shape index (κ3) is 3.28. The van der Waals surface area contributed by atoms with Crippen molar-refractivity contribution in [3.8, 4) is 5.75 Å². The van der Waals surface area contributed by atoms with Crippen molar-refractivity contribution in [3.63, 3.8) is 0 Å². The van der Waals surface area contributed by atoms with Crippen molar-refractivity contribution in [2.24, 2.45) is 0 Å². The zero-order valence-electron chi connectivity index (χ0n) is 12.3. The minimum atomic E-state index is 0.293. The van der Waals surface area contributed by atoms with E-state index < -0.39 is 0 Å². The van der Waals surface area contributed by atoms with E-state index >= 15 is 0 Å². The number of benzene rings is 1. The quantitative estimate of drug-likeness (QED) is 0.886. The predicted molar refractivity (Wildman–Crippen MR) is 77.6 cm³/mol. The highest BCUT2D eigenvalue weighted by molar-refractivity contribution is 5.41. The first-order valence-corrected chi connectivity index (χ1v) is 7.14. The number of ether oxygens (including phenoxy) is 1. The molecular formula is C16H25NO2.